The monoisotopic (exact) mass is 461 g/mol. The minimum Gasteiger partial charge on any atom is -0.368 e. The molecule has 2 saturated heterocycles. The van der Waals surface area contributed by atoms with Gasteiger partial charge in [-0.05, 0) is 43.9 Å². The van der Waals surface area contributed by atoms with Crippen molar-refractivity contribution in [3.05, 3.63) is 53.9 Å². The average Bonchev–Trinajstić information content (AvgIpc) is 3.64. The molecule has 3 aliphatic rings. The Morgan fingerprint density at radius 3 is 2.41 bits per heavy atom. The highest BCUT2D eigenvalue weighted by atomic mass is 16.5. The molecule has 2 aromatic rings. The Morgan fingerprint density at radius 2 is 1.79 bits per heavy atom. The summed E-state index contributed by atoms with van der Waals surface area (Å²) in [6, 6.07) is 10.8. The Hall–Kier alpha value is -2.90. The van der Waals surface area contributed by atoms with Gasteiger partial charge in [-0.1, -0.05) is 30.3 Å². The summed E-state index contributed by atoms with van der Waals surface area (Å²) in [6.45, 7) is 12.9. The van der Waals surface area contributed by atoms with Crippen molar-refractivity contribution >= 4 is 18.3 Å². The van der Waals surface area contributed by atoms with Crippen LogP contribution in [0, 0.1) is 5.92 Å². The van der Waals surface area contributed by atoms with Crippen molar-refractivity contribution in [2.45, 2.75) is 38.9 Å². The van der Waals surface area contributed by atoms with Crippen LogP contribution >= 0.6 is 0 Å². The van der Waals surface area contributed by atoms with Gasteiger partial charge < -0.3 is 19.9 Å². The van der Waals surface area contributed by atoms with Gasteiger partial charge in [0.25, 0.3) is 0 Å². The smallest absolute Gasteiger partial charge is 0.225 e. The van der Waals surface area contributed by atoms with E-state index in [1.807, 2.05) is 15.8 Å². The summed E-state index contributed by atoms with van der Waals surface area (Å²) in [4.78, 5) is 16.8. The Kier molecular flexibility index (Phi) is 6.57. The van der Waals surface area contributed by atoms with Crippen LogP contribution in [0.25, 0.3) is 16.8 Å². The molecule has 0 unspecified atom stereocenters. The summed E-state index contributed by atoms with van der Waals surface area (Å²) in [7, 11) is 0. The van der Waals surface area contributed by atoms with Crippen molar-refractivity contribution in [1.82, 2.24) is 19.8 Å². The lowest BCUT2D eigenvalue weighted by Gasteiger charge is -2.37. The molecule has 1 amide bonds. The molecule has 3 heterocycles. The zero-order valence-corrected chi connectivity index (χ0v) is 20.2. The van der Waals surface area contributed by atoms with Crippen LogP contribution in [0.4, 0.5) is 0 Å². The number of nitrogens with zero attached hydrogens (tertiary/aromatic N) is 4. The highest BCUT2D eigenvalue weighted by Crippen LogP contribution is 2.33. The maximum absolute atomic E-state index is 12.4. The van der Waals surface area contributed by atoms with Crippen molar-refractivity contribution in [2.75, 3.05) is 39.3 Å². The van der Waals surface area contributed by atoms with E-state index in [0.29, 0.717) is 5.91 Å². The zero-order valence-electron chi connectivity index (χ0n) is 20.2. The van der Waals surface area contributed by atoms with Crippen molar-refractivity contribution in [3.8, 4) is 11.1 Å². The van der Waals surface area contributed by atoms with Gasteiger partial charge in [0.15, 0.2) is 0 Å². The fourth-order valence-electron chi connectivity index (χ4n) is 5.05. The van der Waals surface area contributed by atoms with Crippen LogP contribution in [0.3, 0.4) is 0 Å². The van der Waals surface area contributed by atoms with Gasteiger partial charge in [-0.15, -0.1) is 0 Å². The number of benzene rings is 1. The normalized spacial score (nSPS) is 23.8. The molecule has 0 spiro atoms. The molecule has 0 radical (unpaired) electrons. The van der Waals surface area contributed by atoms with E-state index in [-0.39, 0.29) is 18.1 Å². The quantitative estimate of drug-likeness (QED) is 0.668. The topological polar surface area (TPSA) is 62.1 Å². The van der Waals surface area contributed by atoms with Gasteiger partial charge in [0, 0.05) is 63.7 Å². The second-order valence-corrected chi connectivity index (χ2v) is 9.58. The second kappa shape index (κ2) is 9.76. The number of hydrogen-bond donors (Lipinski definition) is 1. The first kappa shape index (κ1) is 22.9. The molecular weight excluding hydrogens is 426 g/mol. The van der Waals surface area contributed by atoms with E-state index in [4.69, 9.17) is 4.74 Å². The van der Waals surface area contributed by atoms with E-state index in [1.165, 1.54) is 5.56 Å². The van der Waals surface area contributed by atoms with Crippen LogP contribution in [-0.2, 0) is 9.53 Å². The number of piperazine rings is 1. The molecule has 1 aromatic carbocycles. The van der Waals surface area contributed by atoms with Crippen molar-refractivity contribution in [3.63, 3.8) is 0 Å². The second-order valence-electron chi connectivity index (χ2n) is 9.58. The maximum atomic E-state index is 12.4. The molecule has 34 heavy (non-hydrogen) atoms. The lowest BCUT2D eigenvalue weighted by atomic mass is 10.0. The Balaban J connectivity index is 1.31. The predicted octanol–water partition coefficient (Wildman–Crippen LogP) is 3.58. The lowest BCUT2D eigenvalue weighted by molar-refractivity contribution is -0.133. The SMILES string of the molecule is C=Nn1cc(-c2ccc([C@H]3CNC[C@H](C)O3)cc2)cc1/C(=C\C)N1CCN(C(=O)C2CC2)CC1. The van der Waals surface area contributed by atoms with Crippen LogP contribution in [0.1, 0.15) is 44.1 Å². The van der Waals surface area contributed by atoms with Crippen LogP contribution in [0.2, 0.25) is 0 Å². The van der Waals surface area contributed by atoms with E-state index in [0.717, 1.165) is 74.6 Å². The first-order chi connectivity index (χ1) is 16.6. The van der Waals surface area contributed by atoms with Crippen LogP contribution in [0.5, 0.6) is 0 Å². The molecule has 1 saturated carbocycles. The zero-order chi connectivity index (χ0) is 23.7. The minimum absolute atomic E-state index is 0.0906. The van der Waals surface area contributed by atoms with Crippen molar-refractivity contribution in [2.24, 2.45) is 11.0 Å². The van der Waals surface area contributed by atoms with E-state index in [9.17, 15) is 4.79 Å². The number of carbonyl (C=O) groups is 1. The molecule has 2 atom stereocenters. The molecule has 5 rings (SSSR count). The summed E-state index contributed by atoms with van der Waals surface area (Å²) in [5.74, 6) is 0.626. The number of amides is 1. The lowest BCUT2D eigenvalue weighted by Crippen LogP contribution is -2.48. The van der Waals surface area contributed by atoms with E-state index in [1.54, 1.807) is 0 Å². The van der Waals surface area contributed by atoms with Gasteiger partial charge >= 0.3 is 0 Å². The van der Waals surface area contributed by atoms with Gasteiger partial charge in [-0.25, -0.2) is 4.68 Å². The minimum atomic E-state index is 0.0906. The summed E-state index contributed by atoms with van der Waals surface area (Å²) in [5, 5.41) is 7.70. The summed E-state index contributed by atoms with van der Waals surface area (Å²) < 4.78 is 7.94. The van der Waals surface area contributed by atoms with Gasteiger partial charge in [0.1, 0.15) is 0 Å². The third-order valence-electron chi connectivity index (χ3n) is 7.12. The van der Waals surface area contributed by atoms with E-state index < -0.39 is 0 Å². The van der Waals surface area contributed by atoms with Crippen LogP contribution in [0.15, 0.2) is 47.7 Å². The molecule has 1 aromatic heterocycles. The number of hydrogen-bond acceptors (Lipinski definition) is 5. The van der Waals surface area contributed by atoms with Crippen LogP contribution in [-0.4, -0.2) is 72.5 Å². The predicted molar refractivity (Wildman–Crippen MR) is 136 cm³/mol. The fourth-order valence-corrected chi connectivity index (χ4v) is 5.05. The fraction of sp³-hybridized carbons (Fsp3) is 0.481. The number of ether oxygens (including phenoxy) is 1. The molecule has 180 valence electrons. The number of allylic oxidation sites excluding steroid dienone is 1. The molecule has 2 aliphatic heterocycles. The number of aromatic nitrogens is 1. The van der Waals surface area contributed by atoms with Crippen molar-refractivity contribution < 1.29 is 9.53 Å². The Labute approximate surface area is 202 Å². The molecule has 0 bridgehead atoms. The van der Waals surface area contributed by atoms with E-state index in [2.05, 4.69) is 72.3 Å². The third-order valence-corrected chi connectivity index (χ3v) is 7.12. The Bertz CT molecular complexity index is 1060. The average molecular weight is 462 g/mol. The highest BCUT2D eigenvalue weighted by molar-refractivity contribution is 5.81. The number of nitrogens with one attached hydrogen (secondary N) is 1. The van der Waals surface area contributed by atoms with Crippen molar-refractivity contribution in [1.29, 1.82) is 0 Å². The largest absolute Gasteiger partial charge is 0.368 e. The molecule has 7 heteroatoms. The van der Waals surface area contributed by atoms with Gasteiger partial charge in [0.2, 0.25) is 5.91 Å². The van der Waals surface area contributed by atoms with Gasteiger partial charge in [0.05, 0.1) is 23.6 Å². The maximum Gasteiger partial charge on any atom is 0.225 e. The molecule has 3 fully saturated rings. The molecule has 7 nitrogen and oxygen atoms in total. The first-order valence-corrected chi connectivity index (χ1v) is 12.4. The van der Waals surface area contributed by atoms with Gasteiger partial charge in [-0.2, -0.15) is 5.10 Å². The van der Waals surface area contributed by atoms with Crippen LogP contribution < -0.4 is 5.32 Å². The van der Waals surface area contributed by atoms with E-state index >= 15 is 0 Å². The third kappa shape index (κ3) is 4.68. The summed E-state index contributed by atoms with van der Waals surface area (Å²) in [5.41, 5.74) is 5.58. The number of carbonyl (C=O) groups excluding carboxylic acids is 1. The Morgan fingerprint density at radius 1 is 1.09 bits per heavy atom. The number of morpholine rings is 1. The summed E-state index contributed by atoms with van der Waals surface area (Å²) >= 11 is 0. The first-order valence-electron chi connectivity index (χ1n) is 12.4. The highest BCUT2D eigenvalue weighted by Gasteiger charge is 2.35. The van der Waals surface area contributed by atoms with Gasteiger partial charge in [-0.3, -0.25) is 4.79 Å². The standard InChI is InChI=1S/C27H35N5O2/c1-4-24(30-11-13-31(14-12-30)27(33)22-9-10-22)25-15-23(18-32(25)28-3)20-5-7-21(8-6-20)26-17-29-16-19(2)34-26/h4-8,15,18-19,22,26,29H,3,9-14,16-17H2,1-2H3/b24-4+/t19-,26+/m0/s1. The molecular formula is C27H35N5O2. The molecule has 1 N–H and O–H groups in total. The summed E-state index contributed by atoms with van der Waals surface area (Å²) in [6.07, 6.45) is 6.61. The molecule has 1 aliphatic carbocycles. The number of rotatable bonds is 6.